The van der Waals surface area contributed by atoms with Crippen LogP contribution in [0.1, 0.15) is 6.42 Å². The minimum atomic E-state index is -3.56. The molecule has 1 aliphatic rings. The van der Waals surface area contributed by atoms with Gasteiger partial charge >= 0.3 is 5.97 Å². The summed E-state index contributed by atoms with van der Waals surface area (Å²) in [5.74, 6) is 0.283. The summed E-state index contributed by atoms with van der Waals surface area (Å²) in [4.78, 5) is 11.0. The Morgan fingerprint density at radius 1 is 1.39 bits per heavy atom. The molecule has 1 fully saturated rings. The Morgan fingerprint density at radius 2 is 1.94 bits per heavy atom. The van der Waals surface area contributed by atoms with Crippen LogP contribution in [0.25, 0.3) is 0 Å². The smallest absolute Gasteiger partial charge is 0.306 e. The van der Waals surface area contributed by atoms with Gasteiger partial charge in [-0.05, 0) is 0 Å². The van der Waals surface area contributed by atoms with Crippen LogP contribution in [0.2, 0.25) is 0 Å². The van der Waals surface area contributed by atoms with Gasteiger partial charge in [-0.2, -0.15) is 17.0 Å². The zero-order valence-electron chi connectivity index (χ0n) is 10.5. The number of esters is 1. The van der Waals surface area contributed by atoms with Crippen LogP contribution in [0.5, 0.6) is 0 Å². The minimum absolute atomic E-state index is 0.0198. The highest BCUT2D eigenvalue weighted by Crippen LogP contribution is 2.10. The number of methoxy groups -OCH3 is 1. The van der Waals surface area contributed by atoms with Crippen molar-refractivity contribution in [2.45, 2.75) is 6.42 Å². The van der Waals surface area contributed by atoms with Gasteiger partial charge in [-0.15, -0.1) is 0 Å². The van der Waals surface area contributed by atoms with Crippen molar-refractivity contribution in [3.63, 3.8) is 0 Å². The maximum Gasteiger partial charge on any atom is 0.306 e. The van der Waals surface area contributed by atoms with Crippen LogP contribution in [-0.4, -0.2) is 72.5 Å². The average molecular weight is 298 g/mol. The monoisotopic (exact) mass is 298 g/mol. The lowest BCUT2D eigenvalue weighted by molar-refractivity contribution is -0.140. The van der Waals surface area contributed by atoms with Gasteiger partial charge in [-0.25, -0.2) is 0 Å². The van der Waals surface area contributed by atoms with E-state index in [0.717, 1.165) is 4.31 Å². The molecule has 0 amide bonds. The lowest BCUT2D eigenvalue weighted by atomic mass is 10.4. The highest BCUT2D eigenvalue weighted by Gasteiger charge is 2.30. The van der Waals surface area contributed by atoms with Gasteiger partial charge in [0.2, 0.25) is 0 Å². The molecular formula is C9H18N2O5S2. The molecule has 1 saturated heterocycles. The highest BCUT2D eigenvalue weighted by atomic mass is 32.2. The third-order valence-electron chi connectivity index (χ3n) is 2.72. The van der Waals surface area contributed by atoms with Gasteiger partial charge < -0.3 is 4.74 Å². The zero-order chi connectivity index (χ0) is 13.8. The number of hydrogen-bond donors (Lipinski definition) is 0. The molecule has 106 valence electrons. The van der Waals surface area contributed by atoms with Crippen molar-refractivity contribution in [2.24, 2.45) is 0 Å². The zero-order valence-corrected chi connectivity index (χ0v) is 12.1. The number of rotatable bonds is 5. The number of carbonyl (C=O) groups excluding carboxylic acids is 1. The van der Waals surface area contributed by atoms with E-state index in [1.165, 1.54) is 18.5 Å². The Hall–Kier alpha value is -0.510. The van der Waals surface area contributed by atoms with Crippen LogP contribution in [-0.2, 0) is 30.5 Å². The fourth-order valence-electron chi connectivity index (χ4n) is 1.52. The molecule has 18 heavy (non-hydrogen) atoms. The maximum atomic E-state index is 12.1. The van der Waals surface area contributed by atoms with Gasteiger partial charge in [0.1, 0.15) is 0 Å². The standard InChI is InChI=1S/C9H18N2O5S2/c1-10(4-3-9(12)16-2)18(14,15)11-5-7-17(13)8-6-11/h3-8H2,1-2H3. The van der Waals surface area contributed by atoms with Gasteiger partial charge in [-0.1, -0.05) is 0 Å². The van der Waals surface area contributed by atoms with Crippen LogP contribution in [0, 0.1) is 0 Å². The Kier molecular flexibility index (Phi) is 5.70. The number of ether oxygens (including phenoxy) is 1. The van der Waals surface area contributed by atoms with E-state index < -0.39 is 27.0 Å². The topological polar surface area (TPSA) is 84.0 Å². The summed E-state index contributed by atoms with van der Waals surface area (Å²) in [6.07, 6.45) is 0.0198. The Bertz CT molecular complexity index is 413. The number of carbonyl (C=O) groups is 1. The van der Waals surface area contributed by atoms with E-state index >= 15 is 0 Å². The lowest BCUT2D eigenvalue weighted by Crippen LogP contribution is -2.48. The quantitative estimate of drug-likeness (QED) is 0.595. The molecule has 0 spiro atoms. The Balaban J connectivity index is 2.57. The third-order valence-corrected chi connectivity index (χ3v) is 5.98. The van der Waals surface area contributed by atoms with Crippen molar-refractivity contribution in [1.82, 2.24) is 8.61 Å². The predicted molar refractivity (Wildman–Crippen MR) is 67.6 cm³/mol. The molecule has 0 radical (unpaired) electrons. The van der Waals surface area contributed by atoms with Crippen LogP contribution < -0.4 is 0 Å². The molecule has 0 aliphatic carbocycles. The predicted octanol–water partition coefficient (Wildman–Crippen LogP) is -1.21. The molecule has 0 unspecified atom stereocenters. The second-order valence-corrected chi connectivity index (χ2v) is 7.63. The SMILES string of the molecule is COC(=O)CCN(C)S(=O)(=O)N1CCS(=O)CC1. The van der Waals surface area contributed by atoms with Crippen LogP contribution in [0.4, 0.5) is 0 Å². The van der Waals surface area contributed by atoms with Crippen LogP contribution >= 0.6 is 0 Å². The Labute approximate surface area is 110 Å². The molecule has 0 aromatic heterocycles. The summed E-state index contributed by atoms with van der Waals surface area (Å²) >= 11 is 0. The van der Waals surface area contributed by atoms with Crippen molar-refractivity contribution in [1.29, 1.82) is 0 Å². The second-order valence-electron chi connectivity index (χ2n) is 3.90. The summed E-state index contributed by atoms with van der Waals surface area (Å²) in [5.41, 5.74) is 0. The van der Waals surface area contributed by atoms with Crippen molar-refractivity contribution >= 4 is 27.0 Å². The molecule has 1 rings (SSSR count). The molecule has 9 heteroatoms. The fourth-order valence-corrected chi connectivity index (χ4v) is 4.16. The van der Waals surface area contributed by atoms with Gasteiger partial charge in [-0.3, -0.25) is 9.00 Å². The number of nitrogens with zero attached hydrogens (tertiary/aromatic N) is 2. The van der Waals surface area contributed by atoms with E-state index in [1.54, 1.807) is 0 Å². The average Bonchev–Trinajstić information content (AvgIpc) is 2.35. The van der Waals surface area contributed by atoms with Crippen molar-refractivity contribution in [3.8, 4) is 0 Å². The first-order valence-electron chi connectivity index (χ1n) is 5.51. The summed E-state index contributed by atoms with van der Waals surface area (Å²) in [6, 6.07) is 0. The van der Waals surface area contributed by atoms with E-state index in [0.29, 0.717) is 11.5 Å². The summed E-state index contributed by atoms with van der Waals surface area (Å²) in [7, 11) is -1.80. The lowest BCUT2D eigenvalue weighted by Gasteiger charge is -2.29. The van der Waals surface area contributed by atoms with Crippen LogP contribution in [0.15, 0.2) is 0 Å². The second kappa shape index (κ2) is 6.60. The van der Waals surface area contributed by atoms with Gasteiger partial charge in [0.15, 0.2) is 0 Å². The van der Waals surface area contributed by atoms with Gasteiger partial charge in [0.05, 0.1) is 13.5 Å². The van der Waals surface area contributed by atoms with E-state index in [-0.39, 0.29) is 26.1 Å². The van der Waals surface area contributed by atoms with E-state index in [1.807, 2.05) is 0 Å². The normalized spacial score (nSPS) is 19.1. The number of hydrogen-bond acceptors (Lipinski definition) is 5. The first kappa shape index (κ1) is 15.5. The van der Waals surface area contributed by atoms with Crippen LogP contribution in [0.3, 0.4) is 0 Å². The fraction of sp³-hybridized carbons (Fsp3) is 0.889. The molecule has 1 aliphatic heterocycles. The summed E-state index contributed by atoms with van der Waals surface area (Å²) in [6.45, 7) is 0.601. The molecule has 1 heterocycles. The van der Waals surface area contributed by atoms with E-state index in [4.69, 9.17) is 0 Å². The Morgan fingerprint density at radius 3 is 2.44 bits per heavy atom. The van der Waals surface area contributed by atoms with Gasteiger partial charge in [0.25, 0.3) is 10.2 Å². The maximum absolute atomic E-state index is 12.1. The van der Waals surface area contributed by atoms with E-state index in [9.17, 15) is 17.4 Å². The minimum Gasteiger partial charge on any atom is -0.469 e. The van der Waals surface area contributed by atoms with E-state index in [2.05, 4.69) is 4.74 Å². The van der Waals surface area contributed by atoms with Crippen molar-refractivity contribution in [3.05, 3.63) is 0 Å². The van der Waals surface area contributed by atoms with Crippen molar-refractivity contribution < 1.29 is 22.2 Å². The molecule has 0 atom stereocenters. The molecule has 0 aromatic rings. The first-order valence-corrected chi connectivity index (χ1v) is 8.39. The molecule has 7 nitrogen and oxygen atoms in total. The molecule has 0 bridgehead atoms. The summed E-state index contributed by atoms with van der Waals surface area (Å²) < 4.78 is 42.2. The largest absolute Gasteiger partial charge is 0.469 e. The third kappa shape index (κ3) is 4.01. The first-order chi connectivity index (χ1) is 8.37. The molecule has 0 aromatic carbocycles. The molecular weight excluding hydrogens is 280 g/mol. The van der Waals surface area contributed by atoms with Crippen molar-refractivity contribution in [2.75, 3.05) is 45.3 Å². The summed E-state index contributed by atoms with van der Waals surface area (Å²) in [5, 5.41) is 0. The highest BCUT2D eigenvalue weighted by molar-refractivity contribution is 7.87. The molecule has 0 saturated carbocycles. The molecule has 0 N–H and O–H groups in total. The van der Waals surface area contributed by atoms with Gasteiger partial charge in [0, 0.05) is 49.0 Å².